The highest BCUT2D eigenvalue weighted by atomic mass is 16.3. The van der Waals surface area contributed by atoms with Gasteiger partial charge in [-0.3, -0.25) is 4.79 Å². The maximum absolute atomic E-state index is 11.7. The fourth-order valence-electron chi connectivity index (χ4n) is 4.42. The average molecular weight is 487 g/mol. The van der Waals surface area contributed by atoms with Crippen molar-refractivity contribution in [1.29, 1.82) is 5.26 Å². The molecule has 2 N–H and O–H groups in total. The zero-order valence-corrected chi connectivity index (χ0v) is 20.2. The van der Waals surface area contributed by atoms with Gasteiger partial charge in [-0.1, -0.05) is 5.21 Å². The van der Waals surface area contributed by atoms with Crippen molar-refractivity contribution in [3.63, 3.8) is 0 Å². The van der Waals surface area contributed by atoms with E-state index in [0.29, 0.717) is 35.7 Å². The lowest BCUT2D eigenvalue weighted by Gasteiger charge is -2.35. The lowest BCUT2D eigenvalue weighted by Crippen LogP contribution is -2.46. The predicted molar refractivity (Wildman–Crippen MR) is 131 cm³/mol. The van der Waals surface area contributed by atoms with Crippen LogP contribution in [0.5, 0.6) is 0 Å². The van der Waals surface area contributed by atoms with E-state index in [1.807, 2.05) is 19.9 Å². The molecule has 1 aliphatic rings. The summed E-state index contributed by atoms with van der Waals surface area (Å²) in [5.41, 5.74) is 3.23. The molecule has 12 heteroatoms. The Morgan fingerprint density at radius 1 is 1.25 bits per heavy atom. The maximum atomic E-state index is 11.7. The summed E-state index contributed by atoms with van der Waals surface area (Å²) in [5, 5.41) is 37.0. The van der Waals surface area contributed by atoms with Crippen LogP contribution in [0, 0.1) is 11.3 Å². The molecule has 0 bridgehead atoms. The number of anilines is 1. The smallest absolute Gasteiger partial charge is 0.219 e. The van der Waals surface area contributed by atoms with Gasteiger partial charge in [0.25, 0.3) is 0 Å². The minimum atomic E-state index is -0.729. The Balaban J connectivity index is 1.47. The van der Waals surface area contributed by atoms with Crippen molar-refractivity contribution in [2.75, 3.05) is 18.4 Å². The van der Waals surface area contributed by atoms with E-state index in [2.05, 4.69) is 36.8 Å². The summed E-state index contributed by atoms with van der Waals surface area (Å²) in [5.74, 6) is 0.515. The number of hydrogen-bond donors (Lipinski definition) is 2. The number of nitrogens with one attached hydrogen (secondary N) is 1. The quantitative estimate of drug-likeness (QED) is 0.431. The van der Waals surface area contributed by atoms with E-state index >= 15 is 0 Å². The van der Waals surface area contributed by atoms with Gasteiger partial charge in [0.15, 0.2) is 11.5 Å². The van der Waals surface area contributed by atoms with E-state index in [0.717, 1.165) is 16.6 Å². The molecule has 5 heterocycles. The second-order valence-electron chi connectivity index (χ2n) is 9.16. The number of aliphatic hydroxyl groups excluding tert-OH is 1. The number of nitrogens with zero attached hydrogens (tertiary/aromatic N) is 9. The number of pyridine rings is 2. The molecule has 0 aromatic carbocycles. The zero-order chi connectivity index (χ0) is 25.4. The van der Waals surface area contributed by atoms with Crippen LogP contribution in [0.3, 0.4) is 0 Å². The van der Waals surface area contributed by atoms with E-state index in [4.69, 9.17) is 5.26 Å². The number of rotatable bonds is 5. The number of aromatic nitrogens is 7. The van der Waals surface area contributed by atoms with Crippen LogP contribution in [0.2, 0.25) is 0 Å². The Kier molecular flexibility index (Phi) is 6.07. The second kappa shape index (κ2) is 9.35. The standard InChI is InChI=1S/C24H26N10O2/c1-14(2)29-19-7-23(34-24-17(10-28-34)6-16(8-25)9-27-24)26-11-18(19)20-12-33(31-30-20)21-4-5-32(15(3)35)13-22(21)36/h6-7,9-12,14,21-22,36H,4-5,13H2,1-3H3,(H,26,29)/t21-,22+/m1/s1. The van der Waals surface area contributed by atoms with Crippen molar-refractivity contribution in [3.8, 4) is 23.1 Å². The molecule has 12 nitrogen and oxygen atoms in total. The predicted octanol–water partition coefficient (Wildman–Crippen LogP) is 1.92. The first-order chi connectivity index (χ1) is 17.3. The minimum absolute atomic E-state index is 0.0481. The highest BCUT2D eigenvalue weighted by Crippen LogP contribution is 2.30. The molecular formula is C24H26N10O2. The number of amides is 1. The summed E-state index contributed by atoms with van der Waals surface area (Å²) >= 11 is 0. The van der Waals surface area contributed by atoms with Crippen molar-refractivity contribution in [2.45, 2.75) is 45.4 Å². The molecule has 2 atom stereocenters. The summed E-state index contributed by atoms with van der Waals surface area (Å²) < 4.78 is 3.30. The van der Waals surface area contributed by atoms with Crippen LogP contribution in [0.1, 0.15) is 38.8 Å². The van der Waals surface area contributed by atoms with Gasteiger partial charge in [-0.25, -0.2) is 14.6 Å². The van der Waals surface area contributed by atoms with Crippen molar-refractivity contribution in [3.05, 3.63) is 42.5 Å². The van der Waals surface area contributed by atoms with Crippen LogP contribution in [-0.2, 0) is 4.79 Å². The fourth-order valence-corrected chi connectivity index (χ4v) is 4.42. The van der Waals surface area contributed by atoms with Gasteiger partial charge >= 0.3 is 0 Å². The number of aliphatic hydroxyl groups is 1. The van der Waals surface area contributed by atoms with Crippen LogP contribution in [-0.4, -0.2) is 75.9 Å². The Morgan fingerprint density at radius 2 is 2.08 bits per heavy atom. The summed E-state index contributed by atoms with van der Waals surface area (Å²) in [6.45, 7) is 6.41. The van der Waals surface area contributed by atoms with Crippen molar-refractivity contribution < 1.29 is 9.90 Å². The third kappa shape index (κ3) is 4.36. The van der Waals surface area contributed by atoms with Gasteiger partial charge in [0.2, 0.25) is 5.91 Å². The van der Waals surface area contributed by atoms with Gasteiger partial charge in [0.1, 0.15) is 11.8 Å². The van der Waals surface area contributed by atoms with Crippen molar-refractivity contribution in [1.82, 2.24) is 39.6 Å². The average Bonchev–Trinajstić information content (AvgIpc) is 3.50. The molecule has 0 aliphatic carbocycles. The molecule has 1 saturated heterocycles. The molecule has 1 aliphatic heterocycles. The molecule has 0 radical (unpaired) electrons. The van der Waals surface area contributed by atoms with Gasteiger partial charge in [0.05, 0.1) is 30.1 Å². The zero-order valence-electron chi connectivity index (χ0n) is 20.2. The summed E-state index contributed by atoms with van der Waals surface area (Å²) in [4.78, 5) is 22.3. The van der Waals surface area contributed by atoms with E-state index in [1.165, 1.54) is 13.1 Å². The first-order valence-corrected chi connectivity index (χ1v) is 11.7. The summed E-state index contributed by atoms with van der Waals surface area (Å²) in [6, 6.07) is 5.57. The van der Waals surface area contributed by atoms with Gasteiger partial charge in [-0.2, -0.15) is 15.0 Å². The Morgan fingerprint density at radius 3 is 2.81 bits per heavy atom. The second-order valence-corrected chi connectivity index (χ2v) is 9.16. The van der Waals surface area contributed by atoms with E-state index in [1.54, 1.807) is 38.9 Å². The molecule has 1 amide bonds. The molecule has 0 unspecified atom stereocenters. The topological polar surface area (TPSA) is 151 Å². The Labute approximate surface area is 207 Å². The SMILES string of the molecule is CC(=O)N1CC[C@@H](n2cc(-c3cnc(-n4ncc5cc(C#N)cnc54)cc3NC(C)C)nn2)[C@@H](O)C1. The molecular weight excluding hydrogens is 460 g/mol. The van der Waals surface area contributed by atoms with Crippen molar-refractivity contribution in [2.24, 2.45) is 0 Å². The third-order valence-electron chi connectivity index (χ3n) is 6.21. The summed E-state index contributed by atoms with van der Waals surface area (Å²) in [7, 11) is 0. The number of nitriles is 1. The first-order valence-electron chi connectivity index (χ1n) is 11.7. The van der Waals surface area contributed by atoms with Crippen LogP contribution >= 0.6 is 0 Å². The van der Waals surface area contributed by atoms with Crippen LogP contribution in [0.15, 0.2) is 36.9 Å². The fraction of sp³-hybridized carbons (Fsp3) is 0.375. The van der Waals surface area contributed by atoms with E-state index in [-0.39, 0.29) is 24.5 Å². The molecule has 0 spiro atoms. The first kappa shape index (κ1) is 23.4. The number of hydrogen-bond acceptors (Lipinski definition) is 9. The van der Waals surface area contributed by atoms with Gasteiger partial charge in [-0.15, -0.1) is 5.10 Å². The number of β-amino-alcohol motifs (C(OH)–C–C–N with tert-alkyl or cyclic N) is 1. The summed E-state index contributed by atoms with van der Waals surface area (Å²) in [6.07, 6.45) is 6.53. The van der Waals surface area contributed by atoms with Crippen LogP contribution in [0.25, 0.3) is 28.1 Å². The Hall–Kier alpha value is -4.37. The number of fused-ring (bicyclic) bond motifs is 1. The molecule has 5 rings (SSSR count). The number of carbonyl (C=O) groups excluding carboxylic acids is 1. The van der Waals surface area contributed by atoms with Gasteiger partial charge in [-0.05, 0) is 26.3 Å². The highest BCUT2D eigenvalue weighted by molar-refractivity contribution is 5.79. The Bertz CT molecular complexity index is 1470. The monoisotopic (exact) mass is 486 g/mol. The number of likely N-dealkylation sites (tertiary alicyclic amines) is 1. The van der Waals surface area contributed by atoms with Gasteiger partial charge < -0.3 is 15.3 Å². The molecule has 36 heavy (non-hydrogen) atoms. The van der Waals surface area contributed by atoms with E-state index < -0.39 is 6.10 Å². The highest BCUT2D eigenvalue weighted by Gasteiger charge is 2.31. The molecule has 1 fully saturated rings. The normalized spacial score (nSPS) is 17.9. The van der Waals surface area contributed by atoms with Crippen molar-refractivity contribution >= 4 is 22.6 Å². The van der Waals surface area contributed by atoms with E-state index in [9.17, 15) is 9.90 Å². The third-order valence-corrected chi connectivity index (χ3v) is 6.21. The van der Waals surface area contributed by atoms with Crippen LogP contribution < -0.4 is 5.32 Å². The molecule has 4 aromatic rings. The van der Waals surface area contributed by atoms with Crippen LogP contribution in [0.4, 0.5) is 5.69 Å². The lowest BCUT2D eigenvalue weighted by molar-refractivity contribution is -0.133. The molecule has 184 valence electrons. The lowest BCUT2D eigenvalue weighted by atomic mass is 10.0. The van der Waals surface area contributed by atoms with Gasteiger partial charge in [0, 0.05) is 61.2 Å². The largest absolute Gasteiger partial charge is 0.389 e. The number of carbonyl (C=O) groups is 1. The number of piperidine rings is 1. The maximum Gasteiger partial charge on any atom is 0.219 e. The molecule has 0 saturated carbocycles. The molecule has 4 aromatic heterocycles. The minimum Gasteiger partial charge on any atom is -0.389 e.